The zero-order valence-corrected chi connectivity index (χ0v) is 26.2. The highest BCUT2D eigenvalue weighted by molar-refractivity contribution is 7.98. The van der Waals surface area contributed by atoms with Crippen LogP contribution >= 0.6 is 11.8 Å². The maximum Gasteiger partial charge on any atom is 0.256 e. The van der Waals surface area contributed by atoms with E-state index in [4.69, 9.17) is 4.42 Å². The van der Waals surface area contributed by atoms with Crippen LogP contribution in [0.2, 0.25) is 0 Å². The number of hydrogen-bond acceptors (Lipinski definition) is 4. The zero-order valence-electron chi connectivity index (χ0n) is 25.4. The number of carbonyl (C=O) groups excluding carboxylic acids is 1. The normalized spacial score (nSPS) is 9.32. The molecule has 212 valence electrons. The van der Waals surface area contributed by atoms with Crippen molar-refractivity contribution in [2.45, 2.75) is 60.3 Å². The Morgan fingerprint density at radius 2 is 1.32 bits per heavy atom. The molecule has 40 heavy (non-hydrogen) atoms. The summed E-state index contributed by atoms with van der Waals surface area (Å²) in [6.45, 7) is 16.0. The molecule has 0 aliphatic rings. The lowest BCUT2D eigenvalue weighted by molar-refractivity contribution is 0.102. The molecule has 0 unspecified atom stereocenters. The number of thioether (sulfide) groups is 1. The predicted octanol–water partition coefficient (Wildman–Crippen LogP) is 11.2. The molecule has 1 aromatic heterocycles. The Labute approximate surface area is 245 Å². The van der Waals surface area contributed by atoms with Crippen LogP contribution in [0, 0.1) is 0 Å². The molecule has 1 amide bonds. The quantitative estimate of drug-likeness (QED) is 0.219. The van der Waals surface area contributed by atoms with Crippen molar-refractivity contribution in [3.05, 3.63) is 103 Å². The molecule has 1 heterocycles. The lowest BCUT2D eigenvalue weighted by atomic mass is 9.99. The first-order valence-electron chi connectivity index (χ1n) is 14.2. The molecule has 0 radical (unpaired) electrons. The number of aromatic nitrogens is 1. The van der Waals surface area contributed by atoms with Gasteiger partial charge >= 0.3 is 0 Å². The van der Waals surface area contributed by atoms with Gasteiger partial charge in [0.25, 0.3) is 5.91 Å². The molecule has 0 saturated carbocycles. The van der Waals surface area contributed by atoms with Crippen LogP contribution in [0.15, 0.2) is 106 Å². The Morgan fingerprint density at radius 3 is 1.98 bits per heavy atom. The Balaban J connectivity index is 0.000000921. The van der Waals surface area contributed by atoms with Crippen molar-refractivity contribution in [3.8, 4) is 22.6 Å². The number of para-hydroxylation sites is 2. The van der Waals surface area contributed by atoms with Crippen LogP contribution in [0.5, 0.6) is 0 Å². The SMILES string of the molecule is CC.CC.CC.CC.CSc1ccc(C(=O)Nc2cccc(-c3nc4ccccc4o3)c2)c(-c2ccccc2)c1. The molecule has 0 atom stereocenters. The van der Waals surface area contributed by atoms with E-state index in [-0.39, 0.29) is 5.91 Å². The summed E-state index contributed by atoms with van der Waals surface area (Å²) in [7, 11) is 0. The van der Waals surface area contributed by atoms with E-state index in [0.717, 1.165) is 32.7 Å². The van der Waals surface area contributed by atoms with Crippen molar-refractivity contribution < 1.29 is 9.21 Å². The molecular formula is C35H44N2O2S. The summed E-state index contributed by atoms with van der Waals surface area (Å²) in [4.78, 5) is 18.9. The molecule has 4 nitrogen and oxygen atoms in total. The number of rotatable bonds is 5. The minimum absolute atomic E-state index is 0.161. The van der Waals surface area contributed by atoms with E-state index in [1.165, 1.54) is 0 Å². The number of amides is 1. The molecule has 0 saturated heterocycles. The van der Waals surface area contributed by atoms with Gasteiger partial charge in [-0.25, -0.2) is 4.98 Å². The van der Waals surface area contributed by atoms with Gasteiger partial charge in [0, 0.05) is 21.7 Å². The van der Waals surface area contributed by atoms with Crippen molar-refractivity contribution in [2.24, 2.45) is 0 Å². The fraction of sp³-hybridized carbons (Fsp3) is 0.257. The van der Waals surface area contributed by atoms with Crippen LogP contribution < -0.4 is 5.32 Å². The van der Waals surface area contributed by atoms with E-state index in [1.54, 1.807) is 11.8 Å². The first-order chi connectivity index (χ1) is 19.7. The Bertz CT molecular complexity index is 1380. The number of fused-ring (bicyclic) bond motifs is 1. The Kier molecular flexibility index (Phi) is 16.5. The molecule has 5 heteroatoms. The van der Waals surface area contributed by atoms with Crippen LogP contribution in [0.4, 0.5) is 5.69 Å². The van der Waals surface area contributed by atoms with Gasteiger partial charge < -0.3 is 9.73 Å². The van der Waals surface area contributed by atoms with E-state index in [1.807, 2.05) is 153 Å². The minimum Gasteiger partial charge on any atom is -0.436 e. The molecule has 0 fully saturated rings. The van der Waals surface area contributed by atoms with Crippen molar-refractivity contribution in [1.29, 1.82) is 0 Å². The Hall–Kier alpha value is -3.83. The van der Waals surface area contributed by atoms with Crippen LogP contribution in [0.3, 0.4) is 0 Å². The molecule has 0 aliphatic carbocycles. The third-order valence-electron chi connectivity index (χ3n) is 5.22. The first kappa shape index (κ1) is 34.2. The van der Waals surface area contributed by atoms with Gasteiger partial charge in [0.15, 0.2) is 5.58 Å². The second-order valence-corrected chi connectivity index (χ2v) is 8.18. The number of nitrogens with zero attached hydrogens (tertiary/aromatic N) is 1. The van der Waals surface area contributed by atoms with Gasteiger partial charge in [-0.3, -0.25) is 4.79 Å². The van der Waals surface area contributed by atoms with Crippen molar-refractivity contribution in [2.75, 3.05) is 11.6 Å². The van der Waals surface area contributed by atoms with E-state index in [2.05, 4.69) is 16.4 Å². The summed E-state index contributed by atoms with van der Waals surface area (Å²) >= 11 is 1.65. The topological polar surface area (TPSA) is 55.1 Å². The second-order valence-electron chi connectivity index (χ2n) is 7.30. The molecule has 5 aromatic rings. The van der Waals surface area contributed by atoms with Gasteiger partial charge in [0.05, 0.1) is 0 Å². The summed E-state index contributed by atoms with van der Waals surface area (Å²) in [6.07, 6.45) is 2.03. The number of hydrogen-bond donors (Lipinski definition) is 1. The monoisotopic (exact) mass is 556 g/mol. The average molecular weight is 557 g/mol. The van der Waals surface area contributed by atoms with Crippen molar-refractivity contribution >= 4 is 34.5 Å². The molecule has 1 N–H and O–H groups in total. The third-order valence-corrected chi connectivity index (χ3v) is 5.94. The third kappa shape index (κ3) is 9.13. The highest BCUT2D eigenvalue weighted by Crippen LogP contribution is 2.30. The Morgan fingerprint density at radius 1 is 0.700 bits per heavy atom. The molecular weight excluding hydrogens is 512 g/mol. The fourth-order valence-corrected chi connectivity index (χ4v) is 4.07. The number of carbonyl (C=O) groups is 1. The highest BCUT2D eigenvalue weighted by atomic mass is 32.2. The minimum atomic E-state index is -0.161. The summed E-state index contributed by atoms with van der Waals surface area (Å²) in [5.41, 5.74) is 5.57. The predicted molar refractivity (Wildman–Crippen MR) is 176 cm³/mol. The van der Waals surface area contributed by atoms with Crippen molar-refractivity contribution in [3.63, 3.8) is 0 Å². The lowest BCUT2D eigenvalue weighted by Gasteiger charge is -2.12. The molecule has 0 aliphatic heterocycles. The number of benzene rings is 4. The summed E-state index contributed by atoms with van der Waals surface area (Å²) in [5, 5.41) is 3.03. The number of oxazole rings is 1. The van der Waals surface area contributed by atoms with Crippen LogP contribution in [-0.4, -0.2) is 17.1 Å². The maximum absolute atomic E-state index is 13.2. The van der Waals surface area contributed by atoms with Gasteiger partial charge in [-0.05, 0) is 65.9 Å². The largest absolute Gasteiger partial charge is 0.436 e. The van der Waals surface area contributed by atoms with Crippen LogP contribution in [-0.2, 0) is 0 Å². The zero-order chi connectivity index (χ0) is 29.9. The fourth-order valence-electron chi connectivity index (χ4n) is 3.63. The molecule has 4 aromatic carbocycles. The van der Waals surface area contributed by atoms with Gasteiger partial charge in [0.1, 0.15) is 5.52 Å². The molecule has 0 bridgehead atoms. The summed E-state index contributed by atoms with van der Waals surface area (Å²) in [5.74, 6) is 0.364. The molecule has 0 spiro atoms. The van der Waals surface area contributed by atoms with E-state index >= 15 is 0 Å². The van der Waals surface area contributed by atoms with E-state index < -0.39 is 0 Å². The first-order valence-corrected chi connectivity index (χ1v) is 15.4. The van der Waals surface area contributed by atoms with Gasteiger partial charge in [-0.2, -0.15) is 0 Å². The maximum atomic E-state index is 13.2. The van der Waals surface area contributed by atoms with E-state index in [0.29, 0.717) is 17.1 Å². The van der Waals surface area contributed by atoms with Crippen LogP contribution in [0.1, 0.15) is 65.7 Å². The van der Waals surface area contributed by atoms with E-state index in [9.17, 15) is 4.79 Å². The number of nitrogens with one attached hydrogen (secondary N) is 1. The average Bonchev–Trinajstić information content (AvgIpc) is 3.50. The standard InChI is InChI=1S/C27H20N2O2S.4C2H6/c1-32-21-14-15-22(23(17-21)18-8-3-2-4-9-18)26(30)28-20-11-7-10-19(16-20)27-29-24-12-5-6-13-25(24)31-27;4*1-2/h2-17H,1H3,(H,28,30);4*1-2H3. The summed E-state index contributed by atoms with van der Waals surface area (Å²) < 4.78 is 5.88. The van der Waals surface area contributed by atoms with Gasteiger partial charge in [0.2, 0.25) is 5.89 Å². The van der Waals surface area contributed by atoms with Crippen LogP contribution in [0.25, 0.3) is 33.7 Å². The second kappa shape index (κ2) is 19.3. The number of anilines is 1. The smallest absolute Gasteiger partial charge is 0.256 e. The lowest BCUT2D eigenvalue weighted by Crippen LogP contribution is -2.13. The molecule has 5 rings (SSSR count). The van der Waals surface area contributed by atoms with Crippen molar-refractivity contribution in [1.82, 2.24) is 4.98 Å². The summed E-state index contributed by atoms with van der Waals surface area (Å²) in [6, 6.07) is 31.1. The highest BCUT2D eigenvalue weighted by Gasteiger charge is 2.15. The van der Waals surface area contributed by atoms with Gasteiger partial charge in [-0.15, -0.1) is 11.8 Å². The van der Waals surface area contributed by atoms with Gasteiger partial charge in [-0.1, -0.05) is 104 Å².